The van der Waals surface area contributed by atoms with Gasteiger partial charge in [0, 0.05) is 12.6 Å². The van der Waals surface area contributed by atoms with Gasteiger partial charge >= 0.3 is 0 Å². The number of hydrogen-bond donors (Lipinski definition) is 2. The highest BCUT2D eigenvalue weighted by Crippen LogP contribution is 2.17. The molecule has 1 amide bonds. The number of aryl methyl sites for hydroxylation is 2. The van der Waals surface area contributed by atoms with Crippen LogP contribution in [0, 0.1) is 13.8 Å². The predicted octanol–water partition coefficient (Wildman–Crippen LogP) is 2.96. The number of nitrogens with zero attached hydrogens (tertiary/aromatic N) is 1. The average molecular weight is 359 g/mol. The maximum Gasteiger partial charge on any atom is 0.276 e. The summed E-state index contributed by atoms with van der Waals surface area (Å²) in [6.07, 6.45) is 0. The minimum absolute atomic E-state index is 0.178. The van der Waals surface area contributed by atoms with Gasteiger partial charge in [-0.15, -0.1) is 0 Å². The first-order chi connectivity index (χ1) is 11.7. The molecule has 6 nitrogen and oxygen atoms in total. The van der Waals surface area contributed by atoms with E-state index in [0.717, 1.165) is 5.56 Å². The zero-order chi connectivity index (χ0) is 18.6. The molecule has 0 saturated carbocycles. The Balaban J connectivity index is 2.26. The van der Waals surface area contributed by atoms with Crippen LogP contribution in [0.3, 0.4) is 0 Å². The van der Waals surface area contributed by atoms with Crippen molar-refractivity contribution in [1.82, 2.24) is 4.83 Å². The van der Waals surface area contributed by atoms with Crippen LogP contribution in [0.15, 0.2) is 52.5 Å². The highest BCUT2D eigenvalue weighted by atomic mass is 32.2. The lowest BCUT2D eigenvalue weighted by Gasteiger charge is -2.09. The van der Waals surface area contributed by atoms with Gasteiger partial charge in [0.25, 0.3) is 10.0 Å². The van der Waals surface area contributed by atoms with E-state index in [4.69, 9.17) is 0 Å². The molecule has 0 saturated heterocycles. The van der Waals surface area contributed by atoms with Gasteiger partial charge in [-0.05, 0) is 55.7 Å². The summed E-state index contributed by atoms with van der Waals surface area (Å²) in [6.45, 7) is 6.69. The van der Waals surface area contributed by atoms with Gasteiger partial charge in [-0.1, -0.05) is 24.3 Å². The van der Waals surface area contributed by atoms with Gasteiger partial charge in [-0.25, -0.2) is 0 Å². The van der Waals surface area contributed by atoms with E-state index in [2.05, 4.69) is 15.2 Å². The van der Waals surface area contributed by atoms with E-state index in [-0.39, 0.29) is 10.8 Å². The molecular weight excluding hydrogens is 338 g/mol. The highest BCUT2D eigenvalue weighted by molar-refractivity contribution is 7.89. The summed E-state index contributed by atoms with van der Waals surface area (Å²) in [4.78, 5) is 13.6. The number of carbonyl (C=O) groups excluding carboxylic acids is 1. The van der Waals surface area contributed by atoms with Crippen LogP contribution in [-0.2, 0) is 14.8 Å². The van der Waals surface area contributed by atoms with E-state index >= 15 is 0 Å². The van der Waals surface area contributed by atoms with Crippen LogP contribution >= 0.6 is 0 Å². The van der Waals surface area contributed by atoms with Gasteiger partial charge in [0.1, 0.15) is 0 Å². The first-order valence-electron chi connectivity index (χ1n) is 7.70. The van der Waals surface area contributed by atoms with E-state index in [1.165, 1.54) is 6.92 Å². The molecule has 2 N–H and O–H groups in total. The summed E-state index contributed by atoms with van der Waals surface area (Å²) >= 11 is 0. The van der Waals surface area contributed by atoms with E-state index in [1.807, 2.05) is 13.0 Å². The number of benzene rings is 2. The van der Waals surface area contributed by atoms with Gasteiger partial charge in [0.15, 0.2) is 0 Å². The lowest BCUT2D eigenvalue weighted by molar-refractivity contribution is -0.114. The Labute approximate surface area is 148 Å². The largest absolute Gasteiger partial charge is 0.326 e. The highest BCUT2D eigenvalue weighted by Gasteiger charge is 2.16. The van der Waals surface area contributed by atoms with Crippen LogP contribution in [0.2, 0.25) is 0 Å². The van der Waals surface area contributed by atoms with Crippen molar-refractivity contribution in [2.24, 2.45) is 5.10 Å². The van der Waals surface area contributed by atoms with Crippen LogP contribution in [-0.4, -0.2) is 20.0 Å². The third-order valence-electron chi connectivity index (χ3n) is 3.57. The van der Waals surface area contributed by atoms with Crippen LogP contribution in [0.5, 0.6) is 0 Å². The van der Waals surface area contributed by atoms with E-state index < -0.39 is 10.0 Å². The van der Waals surface area contributed by atoms with Crippen molar-refractivity contribution in [1.29, 1.82) is 0 Å². The SMILES string of the molecule is CC(=O)Nc1cccc(C(C)=NNS(=O)(=O)c2cc(C)ccc2C)c1. The molecule has 0 aliphatic rings. The van der Waals surface area contributed by atoms with Gasteiger partial charge < -0.3 is 5.32 Å². The molecule has 0 fully saturated rings. The fraction of sp³-hybridized carbons (Fsp3) is 0.222. The Bertz CT molecular complexity index is 934. The molecule has 25 heavy (non-hydrogen) atoms. The summed E-state index contributed by atoms with van der Waals surface area (Å²) in [7, 11) is -3.75. The number of rotatable bonds is 5. The molecule has 0 aliphatic carbocycles. The lowest BCUT2D eigenvalue weighted by atomic mass is 10.1. The molecule has 0 spiro atoms. The molecule has 0 unspecified atom stereocenters. The Morgan fingerprint density at radius 1 is 1.04 bits per heavy atom. The molecule has 2 aromatic rings. The normalized spacial score (nSPS) is 11.9. The summed E-state index contributed by atoms with van der Waals surface area (Å²) in [5.74, 6) is -0.178. The van der Waals surface area contributed by atoms with E-state index in [0.29, 0.717) is 22.5 Å². The maximum absolute atomic E-state index is 12.5. The predicted molar refractivity (Wildman–Crippen MR) is 99.2 cm³/mol. The fourth-order valence-corrected chi connectivity index (χ4v) is 3.45. The Hall–Kier alpha value is -2.67. The van der Waals surface area contributed by atoms with Crippen molar-refractivity contribution in [3.8, 4) is 0 Å². The van der Waals surface area contributed by atoms with Gasteiger partial charge in [-0.3, -0.25) is 4.79 Å². The molecule has 0 aliphatic heterocycles. The molecule has 132 valence electrons. The van der Waals surface area contributed by atoms with Crippen LogP contribution in [0.1, 0.15) is 30.5 Å². The minimum Gasteiger partial charge on any atom is -0.326 e. The number of nitrogens with one attached hydrogen (secondary N) is 2. The topological polar surface area (TPSA) is 87.6 Å². The molecule has 0 aromatic heterocycles. The van der Waals surface area contributed by atoms with Gasteiger partial charge in [0.2, 0.25) is 5.91 Å². The second-order valence-corrected chi connectivity index (χ2v) is 7.45. The average Bonchev–Trinajstić information content (AvgIpc) is 2.54. The lowest BCUT2D eigenvalue weighted by Crippen LogP contribution is -2.21. The number of carbonyl (C=O) groups is 1. The molecule has 2 aromatic carbocycles. The Morgan fingerprint density at radius 2 is 1.76 bits per heavy atom. The third kappa shape index (κ3) is 4.90. The molecular formula is C18H21N3O3S. The molecule has 2 rings (SSSR count). The van der Waals surface area contributed by atoms with Crippen molar-refractivity contribution in [2.45, 2.75) is 32.6 Å². The van der Waals surface area contributed by atoms with Crippen LogP contribution < -0.4 is 10.1 Å². The van der Waals surface area contributed by atoms with Crippen LogP contribution in [0.4, 0.5) is 5.69 Å². The number of amides is 1. The van der Waals surface area contributed by atoms with Crippen molar-refractivity contribution < 1.29 is 13.2 Å². The van der Waals surface area contributed by atoms with Crippen molar-refractivity contribution in [3.63, 3.8) is 0 Å². The summed E-state index contributed by atoms with van der Waals surface area (Å²) < 4.78 is 25.0. The number of sulfonamides is 1. The molecule has 0 heterocycles. The third-order valence-corrected chi connectivity index (χ3v) is 4.92. The monoisotopic (exact) mass is 359 g/mol. The number of hydrogen-bond acceptors (Lipinski definition) is 4. The van der Waals surface area contributed by atoms with Crippen molar-refractivity contribution in [2.75, 3.05) is 5.32 Å². The zero-order valence-corrected chi connectivity index (χ0v) is 15.4. The van der Waals surface area contributed by atoms with Crippen molar-refractivity contribution in [3.05, 3.63) is 59.2 Å². The van der Waals surface area contributed by atoms with E-state index in [1.54, 1.807) is 50.2 Å². The number of anilines is 1. The van der Waals surface area contributed by atoms with Gasteiger partial charge in [-0.2, -0.15) is 18.4 Å². The Morgan fingerprint density at radius 3 is 2.44 bits per heavy atom. The summed E-state index contributed by atoms with van der Waals surface area (Å²) in [6, 6.07) is 12.3. The first-order valence-corrected chi connectivity index (χ1v) is 9.19. The standard InChI is InChI=1S/C18H21N3O3S/c1-12-8-9-13(2)18(10-12)25(23,24)21-20-14(3)16-6-5-7-17(11-16)19-15(4)22/h5-11,21H,1-4H3,(H,19,22). The second kappa shape index (κ2) is 7.48. The molecule has 0 atom stereocenters. The smallest absolute Gasteiger partial charge is 0.276 e. The van der Waals surface area contributed by atoms with Gasteiger partial charge in [0.05, 0.1) is 10.6 Å². The fourth-order valence-electron chi connectivity index (χ4n) is 2.26. The van der Waals surface area contributed by atoms with E-state index in [9.17, 15) is 13.2 Å². The second-order valence-electron chi connectivity index (χ2n) is 5.82. The summed E-state index contributed by atoms with van der Waals surface area (Å²) in [5, 5.41) is 6.68. The number of hydrazone groups is 1. The maximum atomic E-state index is 12.5. The molecule has 0 bridgehead atoms. The Kier molecular flexibility index (Phi) is 5.58. The first kappa shape index (κ1) is 18.7. The minimum atomic E-state index is -3.75. The quantitative estimate of drug-likeness (QED) is 0.635. The zero-order valence-electron chi connectivity index (χ0n) is 14.6. The van der Waals surface area contributed by atoms with Crippen LogP contribution in [0.25, 0.3) is 0 Å². The molecule has 0 radical (unpaired) electrons. The summed E-state index contributed by atoms with van der Waals surface area (Å²) in [5.41, 5.74) is 3.32. The molecule has 7 heteroatoms. The van der Waals surface area contributed by atoms with Crippen molar-refractivity contribution >= 4 is 27.3 Å².